The number of nitrogens with one attached hydrogen (secondary N) is 1. The van der Waals surface area contributed by atoms with Gasteiger partial charge >= 0.3 is 0 Å². The Hall–Kier alpha value is -0.0800. The molecule has 17 heavy (non-hydrogen) atoms. The lowest BCUT2D eigenvalue weighted by molar-refractivity contribution is 0.324. The molecule has 2 saturated carbocycles. The summed E-state index contributed by atoms with van der Waals surface area (Å²) in [5.41, 5.74) is 7.25. The summed E-state index contributed by atoms with van der Waals surface area (Å²) >= 11 is 0. The van der Waals surface area contributed by atoms with Gasteiger partial charge in [0.15, 0.2) is 0 Å². The lowest BCUT2D eigenvalue weighted by Crippen LogP contribution is -2.33. The number of rotatable bonds is 7. The van der Waals surface area contributed by atoms with Gasteiger partial charge in [0.25, 0.3) is 0 Å². The molecule has 0 aromatic carbocycles. The highest BCUT2D eigenvalue weighted by Crippen LogP contribution is 2.60. The Morgan fingerprint density at radius 2 is 1.94 bits per heavy atom. The van der Waals surface area contributed by atoms with Gasteiger partial charge in [0, 0.05) is 12.6 Å². The van der Waals surface area contributed by atoms with E-state index < -0.39 is 0 Å². The molecule has 0 amide bonds. The molecule has 0 aromatic rings. The Balaban J connectivity index is 1.54. The van der Waals surface area contributed by atoms with Crippen LogP contribution in [0.3, 0.4) is 0 Å². The molecule has 3 N–H and O–H groups in total. The van der Waals surface area contributed by atoms with E-state index in [1.54, 1.807) is 0 Å². The summed E-state index contributed by atoms with van der Waals surface area (Å²) in [6, 6.07) is 0.360. The molecule has 2 aliphatic rings. The molecule has 100 valence electrons. The minimum absolute atomic E-state index is 0.360. The van der Waals surface area contributed by atoms with E-state index in [9.17, 15) is 0 Å². The summed E-state index contributed by atoms with van der Waals surface area (Å²) in [6.45, 7) is 9.16. The molecule has 0 aromatic heterocycles. The Labute approximate surface area is 107 Å². The predicted octanol–water partition coefficient (Wildman–Crippen LogP) is 2.92. The smallest absolute Gasteiger partial charge is 0.00558 e. The predicted molar refractivity (Wildman–Crippen MR) is 73.9 cm³/mol. The summed E-state index contributed by atoms with van der Waals surface area (Å²) in [4.78, 5) is 0. The minimum Gasteiger partial charge on any atom is -0.328 e. The topological polar surface area (TPSA) is 38.0 Å². The zero-order chi connectivity index (χ0) is 12.5. The fourth-order valence-corrected chi connectivity index (χ4v) is 3.10. The van der Waals surface area contributed by atoms with E-state index in [4.69, 9.17) is 5.73 Å². The van der Waals surface area contributed by atoms with Gasteiger partial charge < -0.3 is 11.1 Å². The number of hydrogen-bond acceptors (Lipinski definition) is 2. The number of nitrogens with two attached hydrogens (primary N) is 1. The lowest BCUT2D eigenvalue weighted by Gasteiger charge is -2.23. The number of hydrogen-bond donors (Lipinski definition) is 2. The molecular weight excluding hydrogens is 208 g/mol. The Morgan fingerprint density at radius 3 is 2.41 bits per heavy atom. The molecule has 2 fully saturated rings. The Bertz CT molecular complexity index is 246. The highest BCUT2D eigenvalue weighted by Gasteiger charge is 2.53. The van der Waals surface area contributed by atoms with Crippen molar-refractivity contribution in [1.82, 2.24) is 5.32 Å². The van der Waals surface area contributed by atoms with Crippen molar-refractivity contribution in [2.45, 2.75) is 65.3 Å². The summed E-state index contributed by atoms with van der Waals surface area (Å²) in [5, 5.41) is 3.65. The lowest BCUT2D eigenvalue weighted by atomic mass is 9.87. The average molecular weight is 238 g/mol. The van der Waals surface area contributed by atoms with E-state index in [1.807, 2.05) is 0 Å². The van der Waals surface area contributed by atoms with Crippen molar-refractivity contribution in [2.75, 3.05) is 13.1 Å². The van der Waals surface area contributed by atoms with Crippen molar-refractivity contribution in [3.63, 3.8) is 0 Å². The van der Waals surface area contributed by atoms with Crippen LogP contribution >= 0.6 is 0 Å². The van der Waals surface area contributed by atoms with Gasteiger partial charge in [-0.2, -0.15) is 0 Å². The van der Waals surface area contributed by atoms with Crippen molar-refractivity contribution in [1.29, 1.82) is 0 Å². The zero-order valence-corrected chi connectivity index (χ0v) is 11.9. The summed E-state index contributed by atoms with van der Waals surface area (Å²) < 4.78 is 0. The third-order valence-electron chi connectivity index (χ3n) is 4.38. The molecule has 0 bridgehead atoms. The molecule has 2 rings (SSSR count). The maximum Gasteiger partial charge on any atom is 0.00558 e. The Kier molecular flexibility index (Phi) is 3.84. The van der Waals surface area contributed by atoms with Crippen LogP contribution in [0.5, 0.6) is 0 Å². The minimum atomic E-state index is 0.360. The normalized spacial score (nSPS) is 24.7. The molecule has 2 aliphatic carbocycles. The molecule has 0 saturated heterocycles. The molecule has 1 atom stereocenters. The average Bonchev–Trinajstić information content (AvgIpc) is 3.00. The first-order valence-corrected chi connectivity index (χ1v) is 7.38. The largest absolute Gasteiger partial charge is 0.328 e. The quantitative estimate of drug-likeness (QED) is 0.669. The van der Waals surface area contributed by atoms with Crippen LogP contribution in [0.2, 0.25) is 0 Å². The van der Waals surface area contributed by atoms with Gasteiger partial charge in [-0.05, 0) is 61.8 Å². The maximum atomic E-state index is 6.16. The van der Waals surface area contributed by atoms with Crippen LogP contribution < -0.4 is 11.1 Å². The van der Waals surface area contributed by atoms with Gasteiger partial charge in [-0.15, -0.1) is 0 Å². The SMILES string of the molecule is CC(C)(C)CC(N)CCNCC1(C2CC2)CC1. The highest BCUT2D eigenvalue weighted by atomic mass is 14.9. The third-order valence-corrected chi connectivity index (χ3v) is 4.38. The first-order valence-electron chi connectivity index (χ1n) is 7.38. The highest BCUT2D eigenvalue weighted by molar-refractivity contribution is 5.04. The Morgan fingerprint density at radius 1 is 1.29 bits per heavy atom. The molecule has 2 heteroatoms. The maximum absolute atomic E-state index is 6.16. The van der Waals surface area contributed by atoms with E-state index in [0.29, 0.717) is 11.5 Å². The van der Waals surface area contributed by atoms with Crippen LogP contribution in [0.1, 0.15) is 59.3 Å². The molecule has 0 heterocycles. The van der Waals surface area contributed by atoms with E-state index in [-0.39, 0.29) is 0 Å². The van der Waals surface area contributed by atoms with E-state index in [1.165, 1.54) is 32.2 Å². The summed E-state index contributed by atoms with van der Waals surface area (Å²) in [6.07, 6.45) is 8.17. The zero-order valence-electron chi connectivity index (χ0n) is 11.9. The van der Waals surface area contributed by atoms with Crippen LogP contribution in [0.15, 0.2) is 0 Å². The first-order chi connectivity index (χ1) is 7.91. The molecule has 0 aliphatic heterocycles. The van der Waals surface area contributed by atoms with Gasteiger partial charge in [0.05, 0.1) is 0 Å². The second-order valence-electron chi connectivity index (χ2n) is 7.63. The van der Waals surface area contributed by atoms with Crippen molar-refractivity contribution in [2.24, 2.45) is 22.5 Å². The van der Waals surface area contributed by atoms with Crippen LogP contribution in [-0.2, 0) is 0 Å². The fraction of sp³-hybridized carbons (Fsp3) is 1.00. The van der Waals surface area contributed by atoms with Crippen molar-refractivity contribution >= 4 is 0 Å². The fourth-order valence-electron chi connectivity index (χ4n) is 3.10. The van der Waals surface area contributed by atoms with Crippen LogP contribution in [0, 0.1) is 16.7 Å². The van der Waals surface area contributed by atoms with Gasteiger partial charge in [-0.1, -0.05) is 20.8 Å². The third kappa shape index (κ3) is 4.26. The van der Waals surface area contributed by atoms with Gasteiger partial charge in [0.2, 0.25) is 0 Å². The van der Waals surface area contributed by atoms with Crippen LogP contribution in [0.4, 0.5) is 0 Å². The van der Waals surface area contributed by atoms with E-state index in [2.05, 4.69) is 26.1 Å². The second-order valence-corrected chi connectivity index (χ2v) is 7.63. The van der Waals surface area contributed by atoms with E-state index in [0.717, 1.165) is 30.7 Å². The summed E-state index contributed by atoms with van der Waals surface area (Å²) in [7, 11) is 0. The first kappa shape index (κ1) is 13.4. The molecule has 0 radical (unpaired) electrons. The van der Waals surface area contributed by atoms with Gasteiger partial charge in [-0.25, -0.2) is 0 Å². The standard InChI is InChI=1S/C15H30N2/c1-14(2,3)10-13(16)6-9-17-11-15(7-8-15)12-4-5-12/h12-13,17H,4-11,16H2,1-3H3. The molecule has 1 unspecified atom stereocenters. The second kappa shape index (κ2) is 4.89. The summed E-state index contributed by atoms with van der Waals surface area (Å²) in [5.74, 6) is 1.07. The van der Waals surface area contributed by atoms with Gasteiger partial charge in [-0.3, -0.25) is 0 Å². The van der Waals surface area contributed by atoms with Crippen molar-refractivity contribution in [3.05, 3.63) is 0 Å². The molecular formula is C15H30N2. The van der Waals surface area contributed by atoms with Gasteiger partial charge in [0.1, 0.15) is 0 Å². The van der Waals surface area contributed by atoms with E-state index >= 15 is 0 Å². The molecule has 0 spiro atoms. The van der Waals surface area contributed by atoms with Crippen LogP contribution in [-0.4, -0.2) is 19.1 Å². The monoisotopic (exact) mass is 238 g/mol. The van der Waals surface area contributed by atoms with Crippen molar-refractivity contribution in [3.8, 4) is 0 Å². The van der Waals surface area contributed by atoms with Crippen LogP contribution in [0.25, 0.3) is 0 Å². The molecule has 2 nitrogen and oxygen atoms in total. The van der Waals surface area contributed by atoms with Crippen molar-refractivity contribution < 1.29 is 0 Å².